The summed E-state index contributed by atoms with van der Waals surface area (Å²) < 4.78 is 31.9. The van der Waals surface area contributed by atoms with E-state index in [0.29, 0.717) is 40.9 Å². The quantitative estimate of drug-likeness (QED) is 0.318. The average Bonchev–Trinajstić information content (AvgIpc) is 3.18. The predicted octanol–water partition coefficient (Wildman–Crippen LogP) is 4.50. The van der Waals surface area contributed by atoms with E-state index in [1.165, 1.54) is 28.6 Å². The Morgan fingerprint density at radius 2 is 1.67 bits per heavy atom. The van der Waals surface area contributed by atoms with Crippen LogP contribution in [0.15, 0.2) is 29.2 Å². The number of unbranched alkanes of at least 4 members (excludes halogenated alkanes) is 2. The third kappa shape index (κ3) is 6.39. The SMILES string of the molecule is CCCCCN(C(=O)c1ccc(S(=O)(=O)N(CC)CC)cc1)c1nc(C)c(C(=O)OCC)s1. The van der Waals surface area contributed by atoms with Crippen molar-refractivity contribution in [3.63, 3.8) is 0 Å². The summed E-state index contributed by atoms with van der Waals surface area (Å²) in [5, 5.41) is 0.427. The number of sulfonamides is 1. The van der Waals surface area contributed by atoms with E-state index >= 15 is 0 Å². The Morgan fingerprint density at radius 3 is 2.21 bits per heavy atom. The number of hydrogen-bond acceptors (Lipinski definition) is 7. The Labute approximate surface area is 200 Å². The van der Waals surface area contributed by atoms with Crippen LogP contribution >= 0.6 is 11.3 Å². The Balaban J connectivity index is 2.36. The lowest BCUT2D eigenvalue weighted by Crippen LogP contribution is -2.32. The van der Waals surface area contributed by atoms with Crippen LogP contribution in [0.1, 0.15) is 72.7 Å². The molecular weight excluding hydrogens is 462 g/mol. The largest absolute Gasteiger partial charge is 0.462 e. The van der Waals surface area contributed by atoms with Crippen molar-refractivity contribution in [1.29, 1.82) is 0 Å². The Hall–Kier alpha value is -2.30. The van der Waals surface area contributed by atoms with Gasteiger partial charge < -0.3 is 4.74 Å². The fraction of sp³-hybridized carbons (Fsp3) is 0.522. The van der Waals surface area contributed by atoms with Crippen LogP contribution in [0, 0.1) is 6.92 Å². The fourth-order valence-electron chi connectivity index (χ4n) is 3.33. The lowest BCUT2D eigenvalue weighted by atomic mass is 10.2. The molecule has 33 heavy (non-hydrogen) atoms. The van der Waals surface area contributed by atoms with E-state index in [9.17, 15) is 18.0 Å². The number of anilines is 1. The minimum atomic E-state index is -3.60. The first-order valence-corrected chi connectivity index (χ1v) is 13.5. The molecule has 0 fully saturated rings. The summed E-state index contributed by atoms with van der Waals surface area (Å²) in [4.78, 5) is 32.1. The second-order valence-corrected chi connectivity index (χ2v) is 10.3. The number of nitrogens with zero attached hydrogens (tertiary/aromatic N) is 3. The molecule has 1 amide bonds. The summed E-state index contributed by atoms with van der Waals surface area (Å²) in [7, 11) is -3.60. The van der Waals surface area contributed by atoms with Crippen LogP contribution < -0.4 is 4.90 Å². The van der Waals surface area contributed by atoms with Crippen LogP contribution in [-0.2, 0) is 14.8 Å². The van der Waals surface area contributed by atoms with Gasteiger partial charge in [-0.2, -0.15) is 4.31 Å². The molecule has 0 aliphatic heterocycles. The molecule has 10 heteroatoms. The normalized spacial score (nSPS) is 11.6. The Bertz CT molecular complexity index is 1040. The maximum absolute atomic E-state index is 13.4. The maximum Gasteiger partial charge on any atom is 0.350 e. The van der Waals surface area contributed by atoms with E-state index in [1.807, 2.05) is 0 Å². The highest BCUT2D eigenvalue weighted by atomic mass is 32.2. The molecule has 0 atom stereocenters. The molecular formula is C23H33N3O5S2. The summed E-state index contributed by atoms with van der Waals surface area (Å²) in [6.07, 6.45) is 2.72. The molecule has 0 bridgehead atoms. The number of aryl methyl sites for hydroxylation is 1. The molecule has 1 aromatic heterocycles. The van der Waals surface area contributed by atoms with Gasteiger partial charge in [-0.25, -0.2) is 18.2 Å². The molecule has 8 nitrogen and oxygen atoms in total. The van der Waals surface area contributed by atoms with Gasteiger partial charge in [0, 0.05) is 25.2 Å². The van der Waals surface area contributed by atoms with Crippen LogP contribution in [0.2, 0.25) is 0 Å². The zero-order valence-corrected chi connectivity index (χ0v) is 21.6. The van der Waals surface area contributed by atoms with E-state index in [1.54, 1.807) is 32.6 Å². The molecule has 0 radical (unpaired) electrons. The lowest BCUT2D eigenvalue weighted by Gasteiger charge is -2.21. The van der Waals surface area contributed by atoms with Crippen LogP contribution in [0.4, 0.5) is 5.13 Å². The number of esters is 1. The molecule has 0 saturated carbocycles. The summed E-state index contributed by atoms with van der Waals surface area (Å²) in [6.45, 7) is 10.5. The van der Waals surface area contributed by atoms with Gasteiger partial charge >= 0.3 is 5.97 Å². The van der Waals surface area contributed by atoms with Crippen molar-refractivity contribution < 1.29 is 22.7 Å². The standard InChI is InChI=1S/C23H33N3O5S2/c1-6-10-11-16-26(23-24-17(5)20(32-23)22(28)31-9-4)21(27)18-12-14-19(15-13-18)33(29,30)25(7-2)8-3/h12-15H,6-11,16H2,1-5H3. The van der Waals surface area contributed by atoms with Crippen LogP contribution in [0.5, 0.6) is 0 Å². The fourth-order valence-corrected chi connectivity index (χ4v) is 5.77. The van der Waals surface area contributed by atoms with Crippen LogP contribution in [0.3, 0.4) is 0 Å². The van der Waals surface area contributed by atoms with Gasteiger partial charge in [-0.05, 0) is 44.5 Å². The number of ether oxygens (including phenoxy) is 1. The summed E-state index contributed by atoms with van der Waals surface area (Å²) in [6, 6.07) is 5.97. The Morgan fingerprint density at radius 1 is 1.03 bits per heavy atom. The first-order chi connectivity index (χ1) is 15.7. The van der Waals surface area contributed by atoms with Crippen molar-refractivity contribution in [1.82, 2.24) is 9.29 Å². The number of carbonyl (C=O) groups is 2. The first-order valence-electron chi connectivity index (χ1n) is 11.3. The average molecular weight is 496 g/mol. The smallest absolute Gasteiger partial charge is 0.350 e. The number of hydrogen-bond donors (Lipinski definition) is 0. The van der Waals surface area contributed by atoms with Gasteiger partial charge in [-0.3, -0.25) is 9.69 Å². The molecule has 0 spiro atoms. The predicted molar refractivity (Wildman–Crippen MR) is 131 cm³/mol. The van der Waals surface area contributed by atoms with Gasteiger partial charge in [0.25, 0.3) is 5.91 Å². The van der Waals surface area contributed by atoms with E-state index in [0.717, 1.165) is 30.6 Å². The second kappa shape index (κ2) is 12.2. The summed E-state index contributed by atoms with van der Waals surface area (Å²) in [5.74, 6) is -0.743. The minimum Gasteiger partial charge on any atom is -0.462 e. The molecule has 1 heterocycles. The van der Waals surface area contributed by atoms with E-state index < -0.39 is 16.0 Å². The van der Waals surface area contributed by atoms with Crippen molar-refractivity contribution in [3.8, 4) is 0 Å². The highest BCUT2D eigenvalue weighted by molar-refractivity contribution is 7.89. The molecule has 2 rings (SSSR count). The molecule has 1 aromatic carbocycles. The number of benzene rings is 1. The molecule has 0 aliphatic rings. The Kier molecular flexibility index (Phi) is 10.00. The topological polar surface area (TPSA) is 96.9 Å². The lowest BCUT2D eigenvalue weighted by molar-refractivity contribution is 0.0531. The highest BCUT2D eigenvalue weighted by Gasteiger charge is 2.26. The molecule has 182 valence electrons. The molecule has 0 unspecified atom stereocenters. The number of thiazole rings is 1. The molecule has 0 aliphatic carbocycles. The third-order valence-corrected chi connectivity index (χ3v) is 8.38. The second-order valence-electron chi connectivity index (χ2n) is 7.41. The van der Waals surface area contributed by atoms with E-state index in [4.69, 9.17) is 4.74 Å². The number of aromatic nitrogens is 1. The zero-order chi connectivity index (χ0) is 24.6. The van der Waals surface area contributed by atoms with Gasteiger partial charge in [0.15, 0.2) is 5.13 Å². The monoisotopic (exact) mass is 495 g/mol. The minimum absolute atomic E-state index is 0.148. The van der Waals surface area contributed by atoms with Gasteiger partial charge in [0.05, 0.1) is 17.2 Å². The van der Waals surface area contributed by atoms with Crippen molar-refractivity contribution in [2.24, 2.45) is 0 Å². The maximum atomic E-state index is 13.4. The van der Waals surface area contributed by atoms with Crippen molar-refractivity contribution in [2.75, 3.05) is 31.1 Å². The molecule has 0 saturated heterocycles. The van der Waals surface area contributed by atoms with E-state index in [-0.39, 0.29) is 17.4 Å². The number of carbonyl (C=O) groups excluding carboxylic acids is 2. The number of rotatable bonds is 12. The van der Waals surface area contributed by atoms with Gasteiger partial charge in [0.1, 0.15) is 4.88 Å². The third-order valence-electron chi connectivity index (χ3n) is 5.15. The summed E-state index contributed by atoms with van der Waals surface area (Å²) in [5.41, 5.74) is 0.873. The van der Waals surface area contributed by atoms with Gasteiger partial charge in [0.2, 0.25) is 10.0 Å². The summed E-state index contributed by atoms with van der Waals surface area (Å²) >= 11 is 1.13. The molecule has 0 N–H and O–H groups in total. The zero-order valence-electron chi connectivity index (χ0n) is 20.0. The highest BCUT2D eigenvalue weighted by Crippen LogP contribution is 2.29. The number of amides is 1. The van der Waals surface area contributed by atoms with Crippen LogP contribution in [0.25, 0.3) is 0 Å². The van der Waals surface area contributed by atoms with Crippen LogP contribution in [-0.4, -0.2) is 55.8 Å². The van der Waals surface area contributed by atoms with Crippen molar-refractivity contribution >= 4 is 38.4 Å². The van der Waals surface area contributed by atoms with Gasteiger partial charge in [-0.15, -0.1) is 0 Å². The van der Waals surface area contributed by atoms with Crippen molar-refractivity contribution in [3.05, 3.63) is 40.4 Å². The first kappa shape index (κ1) is 26.9. The van der Waals surface area contributed by atoms with E-state index in [2.05, 4.69) is 11.9 Å². The molecule has 2 aromatic rings. The van der Waals surface area contributed by atoms with Gasteiger partial charge in [-0.1, -0.05) is 44.9 Å². The van der Waals surface area contributed by atoms with Crippen molar-refractivity contribution in [2.45, 2.75) is 58.8 Å².